The first-order valence-corrected chi connectivity index (χ1v) is 5.52. The van der Waals surface area contributed by atoms with Gasteiger partial charge in [-0.05, 0) is 43.4 Å². The second-order valence-corrected chi connectivity index (χ2v) is 4.97. The fourth-order valence-corrected chi connectivity index (χ4v) is 2.80. The van der Waals surface area contributed by atoms with E-state index in [2.05, 4.69) is 12.2 Å². The molecule has 4 atom stereocenters. The molecule has 0 bridgehead atoms. The summed E-state index contributed by atoms with van der Waals surface area (Å²) in [6, 6.07) is 0. The molecule has 1 heteroatoms. The number of fused-ring (bicyclic) bond motifs is 2. The Balaban J connectivity index is 1.71. The molecule has 0 aromatic rings. The highest BCUT2D eigenvalue weighted by Gasteiger charge is 2.47. The van der Waals surface area contributed by atoms with E-state index in [1.165, 1.54) is 25.7 Å². The van der Waals surface area contributed by atoms with Crippen molar-refractivity contribution in [1.82, 2.24) is 0 Å². The minimum absolute atomic E-state index is 0.462. The van der Waals surface area contributed by atoms with Crippen LogP contribution in [-0.2, 0) is 4.79 Å². The van der Waals surface area contributed by atoms with Gasteiger partial charge >= 0.3 is 0 Å². The Kier molecular flexibility index (Phi) is 1.61. The zero-order valence-electron chi connectivity index (χ0n) is 7.91. The van der Waals surface area contributed by atoms with Crippen LogP contribution in [-0.4, -0.2) is 5.78 Å². The predicted octanol–water partition coefficient (Wildman–Crippen LogP) is 2.57. The van der Waals surface area contributed by atoms with Gasteiger partial charge in [-0.25, -0.2) is 0 Å². The van der Waals surface area contributed by atoms with Crippen molar-refractivity contribution in [3.05, 3.63) is 12.2 Å². The first-order chi connectivity index (χ1) is 6.34. The number of rotatable bonds is 0. The van der Waals surface area contributed by atoms with E-state index in [-0.39, 0.29) is 0 Å². The molecule has 1 nitrogen and oxygen atoms in total. The summed E-state index contributed by atoms with van der Waals surface area (Å²) >= 11 is 0. The summed E-state index contributed by atoms with van der Waals surface area (Å²) in [5.74, 6) is 3.70. The summed E-state index contributed by atoms with van der Waals surface area (Å²) in [4.78, 5) is 11.5. The number of hydrogen-bond acceptors (Lipinski definition) is 1. The Hall–Kier alpha value is -0.590. The van der Waals surface area contributed by atoms with Crippen LogP contribution in [0.5, 0.6) is 0 Å². The lowest BCUT2D eigenvalue weighted by atomic mass is 10.0. The van der Waals surface area contributed by atoms with E-state index in [0.29, 0.717) is 18.1 Å². The summed E-state index contributed by atoms with van der Waals surface area (Å²) < 4.78 is 0. The van der Waals surface area contributed by atoms with Crippen LogP contribution in [0.25, 0.3) is 0 Å². The van der Waals surface area contributed by atoms with Crippen LogP contribution in [0, 0.1) is 23.7 Å². The Labute approximate surface area is 79.2 Å². The Morgan fingerprint density at radius 2 is 1.85 bits per heavy atom. The number of carbonyl (C=O) groups is 1. The van der Waals surface area contributed by atoms with Gasteiger partial charge in [-0.2, -0.15) is 0 Å². The molecule has 4 unspecified atom stereocenters. The van der Waals surface area contributed by atoms with Gasteiger partial charge in [-0.15, -0.1) is 0 Å². The van der Waals surface area contributed by atoms with Gasteiger partial charge in [0.15, 0.2) is 0 Å². The predicted molar refractivity (Wildman–Crippen MR) is 51.2 cm³/mol. The molecule has 3 aliphatic rings. The van der Waals surface area contributed by atoms with E-state index < -0.39 is 0 Å². The number of hydrogen-bond donors (Lipinski definition) is 0. The van der Waals surface area contributed by atoms with Crippen LogP contribution >= 0.6 is 0 Å². The molecular formula is C12H16O. The zero-order valence-corrected chi connectivity index (χ0v) is 7.91. The maximum atomic E-state index is 11.5. The molecule has 2 fully saturated rings. The lowest BCUT2D eigenvalue weighted by molar-refractivity contribution is -0.119. The van der Waals surface area contributed by atoms with E-state index in [1.807, 2.05) is 0 Å². The van der Waals surface area contributed by atoms with E-state index in [1.54, 1.807) is 0 Å². The van der Waals surface area contributed by atoms with Gasteiger partial charge in [0, 0.05) is 12.3 Å². The van der Waals surface area contributed by atoms with Gasteiger partial charge in [-0.1, -0.05) is 12.2 Å². The second-order valence-electron chi connectivity index (χ2n) is 4.97. The average Bonchev–Trinajstić information content (AvgIpc) is 2.97. The first kappa shape index (κ1) is 7.78. The molecule has 13 heavy (non-hydrogen) atoms. The quantitative estimate of drug-likeness (QED) is 0.518. The third kappa shape index (κ3) is 1.45. The largest absolute Gasteiger partial charge is 0.299 e. The topological polar surface area (TPSA) is 17.1 Å². The van der Waals surface area contributed by atoms with Gasteiger partial charge in [-0.3, -0.25) is 4.79 Å². The molecule has 70 valence electrons. The van der Waals surface area contributed by atoms with E-state index in [0.717, 1.165) is 17.8 Å². The van der Waals surface area contributed by atoms with Crippen molar-refractivity contribution >= 4 is 5.78 Å². The van der Waals surface area contributed by atoms with Crippen LogP contribution in [0.3, 0.4) is 0 Å². The fourth-order valence-electron chi connectivity index (χ4n) is 2.80. The van der Waals surface area contributed by atoms with Crippen LogP contribution in [0.1, 0.15) is 32.1 Å². The fraction of sp³-hybridized carbons (Fsp3) is 0.750. The van der Waals surface area contributed by atoms with Crippen molar-refractivity contribution in [3.8, 4) is 0 Å². The SMILES string of the molecule is O=C1C/C=C/CC2CC2CC2CC12. The van der Waals surface area contributed by atoms with Crippen LogP contribution < -0.4 is 0 Å². The molecule has 0 amide bonds. The van der Waals surface area contributed by atoms with Gasteiger partial charge < -0.3 is 0 Å². The summed E-state index contributed by atoms with van der Waals surface area (Å²) in [6.07, 6.45) is 10.3. The highest BCUT2D eigenvalue weighted by Crippen LogP contribution is 2.53. The zero-order chi connectivity index (χ0) is 8.84. The number of carbonyl (C=O) groups excluding carboxylic acids is 1. The molecule has 3 rings (SSSR count). The van der Waals surface area contributed by atoms with Crippen molar-refractivity contribution < 1.29 is 4.79 Å². The Morgan fingerprint density at radius 1 is 1.00 bits per heavy atom. The smallest absolute Gasteiger partial charge is 0.140 e. The highest BCUT2D eigenvalue weighted by atomic mass is 16.1. The number of allylic oxidation sites excluding steroid dienone is 2. The van der Waals surface area contributed by atoms with E-state index in [9.17, 15) is 4.79 Å². The van der Waals surface area contributed by atoms with Gasteiger partial charge in [0.05, 0.1) is 0 Å². The molecule has 0 radical (unpaired) electrons. The number of Topliss-reactive ketones (excluding diaryl/α,β-unsaturated/α-hetero) is 1. The van der Waals surface area contributed by atoms with Crippen LogP contribution in [0.4, 0.5) is 0 Å². The normalized spacial score (nSPS) is 50.3. The third-order valence-corrected chi connectivity index (χ3v) is 3.94. The van der Waals surface area contributed by atoms with Crippen molar-refractivity contribution in [2.75, 3.05) is 0 Å². The van der Waals surface area contributed by atoms with Crippen molar-refractivity contribution in [2.45, 2.75) is 32.1 Å². The molecule has 0 saturated heterocycles. The van der Waals surface area contributed by atoms with Gasteiger partial charge in [0.2, 0.25) is 0 Å². The standard InChI is InChI=1S/C12H16O/c13-12-4-2-1-3-8-5-9(8)6-10-7-11(10)12/h1-2,8-11H,3-7H2/b2-1+. The molecule has 0 aromatic heterocycles. The van der Waals surface area contributed by atoms with Crippen LogP contribution in [0.15, 0.2) is 12.2 Å². The average molecular weight is 176 g/mol. The number of ketones is 1. The lowest BCUT2D eigenvalue weighted by Crippen LogP contribution is -2.02. The third-order valence-electron chi connectivity index (χ3n) is 3.94. The summed E-state index contributed by atoms with van der Waals surface area (Å²) in [5, 5.41) is 0. The highest BCUT2D eigenvalue weighted by molar-refractivity contribution is 5.85. The summed E-state index contributed by atoms with van der Waals surface area (Å²) in [5.41, 5.74) is 0. The van der Waals surface area contributed by atoms with E-state index in [4.69, 9.17) is 0 Å². The maximum absolute atomic E-state index is 11.5. The molecule has 2 saturated carbocycles. The van der Waals surface area contributed by atoms with Crippen LogP contribution in [0.2, 0.25) is 0 Å². The summed E-state index contributed by atoms with van der Waals surface area (Å²) in [7, 11) is 0. The van der Waals surface area contributed by atoms with Gasteiger partial charge in [0.1, 0.15) is 5.78 Å². The molecule has 0 spiro atoms. The maximum Gasteiger partial charge on any atom is 0.140 e. The minimum atomic E-state index is 0.462. The molecule has 0 heterocycles. The van der Waals surface area contributed by atoms with Gasteiger partial charge in [0.25, 0.3) is 0 Å². The minimum Gasteiger partial charge on any atom is -0.299 e. The van der Waals surface area contributed by atoms with Crippen molar-refractivity contribution in [2.24, 2.45) is 23.7 Å². The molecular weight excluding hydrogens is 160 g/mol. The molecule has 3 aliphatic carbocycles. The van der Waals surface area contributed by atoms with E-state index >= 15 is 0 Å². The summed E-state index contributed by atoms with van der Waals surface area (Å²) in [6.45, 7) is 0. The first-order valence-electron chi connectivity index (χ1n) is 5.52. The second kappa shape index (κ2) is 2.70. The Morgan fingerprint density at radius 3 is 2.77 bits per heavy atom. The monoisotopic (exact) mass is 176 g/mol. The lowest BCUT2D eigenvalue weighted by Gasteiger charge is -2.00. The van der Waals surface area contributed by atoms with Crippen molar-refractivity contribution in [1.29, 1.82) is 0 Å². The molecule has 0 N–H and O–H groups in total. The molecule has 0 aromatic carbocycles. The Bertz CT molecular complexity index is 266. The van der Waals surface area contributed by atoms with Crippen molar-refractivity contribution in [3.63, 3.8) is 0 Å². The molecule has 0 aliphatic heterocycles.